The minimum Gasteiger partial charge on any atom is -0.507 e. The molecule has 0 radical (unpaired) electrons. The lowest BCUT2D eigenvalue weighted by atomic mass is 9.87. The van der Waals surface area contributed by atoms with E-state index in [0.29, 0.717) is 33.2 Å². The van der Waals surface area contributed by atoms with Crippen LogP contribution in [0.15, 0.2) is 35.3 Å². The number of aryl methyl sites for hydroxylation is 1. The number of halogens is 1. The van der Waals surface area contributed by atoms with Crippen molar-refractivity contribution >= 4 is 29.0 Å². The number of anilines is 1. The molecule has 0 aromatic heterocycles. The number of para-hydroxylation sites is 1. The van der Waals surface area contributed by atoms with E-state index < -0.39 is 0 Å². The molecule has 2 saturated carbocycles. The number of amides is 1. The van der Waals surface area contributed by atoms with Crippen molar-refractivity contribution in [3.8, 4) is 16.9 Å². The second-order valence-corrected chi connectivity index (χ2v) is 9.22. The van der Waals surface area contributed by atoms with Gasteiger partial charge in [0.05, 0.1) is 11.6 Å². The van der Waals surface area contributed by atoms with Gasteiger partial charge in [-0.15, -0.1) is 0 Å². The van der Waals surface area contributed by atoms with Gasteiger partial charge in [0.15, 0.2) is 0 Å². The van der Waals surface area contributed by atoms with Crippen LogP contribution in [0.2, 0.25) is 5.02 Å². The topological polar surface area (TPSA) is 87.7 Å². The molecule has 30 heavy (non-hydrogen) atoms. The highest BCUT2D eigenvalue weighted by molar-refractivity contribution is 6.33. The highest BCUT2D eigenvalue weighted by atomic mass is 35.5. The third kappa shape index (κ3) is 4.04. The van der Waals surface area contributed by atoms with Crippen molar-refractivity contribution in [2.75, 3.05) is 5.32 Å². The molecular formula is C24H28ClN3O2. The number of benzene rings is 2. The standard InChI is InChI=1S/C24H28ClN3O2/c1-14-12-19(25)18(13-20(14)28-23(30)24(2)10-3-4-11-24)16-6-5-7-17(21(16)29)22(26)27-15-8-9-15/h5-7,12-13,15,29H,3-4,8-11H2,1-2H3,(H2,26,27)(H,28,30). The van der Waals surface area contributed by atoms with Gasteiger partial charge in [-0.2, -0.15) is 0 Å². The first-order chi connectivity index (χ1) is 14.3. The van der Waals surface area contributed by atoms with Gasteiger partial charge < -0.3 is 16.2 Å². The number of aromatic hydroxyl groups is 1. The van der Waals surface area contributed by atoms with E-state index in [1.165, 1.54) is 0 Å². The summed E-state index contributed by atoms with van der Waals surface area (Å²) in [6.45, 7) is 3.94. The third-order valence-corrected chi connectivity index (χ3v) is 6.60. The zero-order valence-electron chi connectivity index (χ0n) is 17.5. The highest BCUT2D eigenvalue weighted by Gasteiger charge is 2.36. The van der Waals surface area contributed by atoms with Gasteiger partial charge in [-0.3, -0.25) is 9.79 Å². The molecule has 0 saturated heterocycles. The Labute approximate surface area is 182 Å². The number of amidine groups is 1. The third-order valence-electron chi connectivity index (χ3n) is 6.29. The Balaban J connectivity index is 1.70. The molecule has 0 bridgehead atoms. The molecule has 2 aromatic rings. The van der Waals surface area contributed by atoms with Crippen LogP contribution in [-0.2, 0) is 4.79 Å². The van der Waals surface area contributed by atoms with Crippen LogP contribution in [0.4, 0.5) is 5.69 Å². The van der Waals surface area contributed by atoms with E-state index >= 15 is 0 Å². The molecule has 0 aliphatic heterocycles. The van der Waals surface area contributed by atoms with Crippen molar-refractivity contribution in [2.45, 2.75) is 58.4 Å². The summed E-state index contributed by atoms with van der Waals surface area (Å²) in [6, 6.07) is 9.29. The van der Waals surface area contributed by atoms with Crippen LogP contribution in [-0.4, -0.2) is 22.9 Å². The van der Waals surface area contributed by atoms with Crippen LogP contribution < -0.4 is 11.1 Å². The van der Waals surface area contributed by atoms with E-state index in [1.54, 1.807) is 12.1 Å². The Kier molecular flexibility index (Phi) is 5.49. The number of aliphatic imine (C=N–C) groups is 1. The van der Waals surface area contributed by atoms with Gasteiger partial charge in [-0.05, 0) is 56.4 Å². The predicted octanol–water partition coefficient (Wildman–Crippen LogP) is 5.41. The number of phenolic OH excluding ortho intramolecular Hbond substituents is 1. The average Bonchev–Trinajstić information content (AvgIpc) is 3.40. The van der Waals surface area contributed by atoms with E-state index in [4.69, 9.17) is 17.3 Å². The Bertz CT molecular complexity index is 1020. The molecule has 2 aliphatic rings. The molecule has 1 amide bonds. The maximum atomic E-state index is 12.9. The molecule has 0 unspecified atom stereocenters. The largest absolute Gasteiger partial charge is 0.507 e. The minimum atomic E-state index is -0.331. The molecule has 6 heteroatoms. The number of nitrogens with two attached hydrogens (primary N) is 1. The van der Waals surface area contributed by atoms with Crippen molar-refractivity contribution in [3.05, 3.63) is 46.5 Å². The first kappa shape index (κ1) is 20.7. The maximum Gasteiger partial charge on any atom is 0.230 e. The Morgan fingerprint density at radius 1 is 1.23 bits per heavy atom. The average molecular weight is 426 g/mol. The second-order valence-electron chi connectivity index (χ2n) is 8.82. The van der Waals surface area contributed by atoms with Crippen molar-refractivity contribution in [3.63, 3.8) is 0 Å². The lowest BCUT2D eigenvalue weighted by Gasteiger charge is -2.23. The van der Waals surface area contributed by atoms with E-state index in [-0.39, 0.29) is 23.1 Å². The molecule has 4 rings (SSSR count). The highest BCUT2D eigenvalue weighted by Crippen LogP contribution is 2.41. The monoisotopic (exact) mass is 425 g/mol. The minimum absolute atomic E-state index is 0.0372. The lowest BCUT2D eigenvalue weighted by Crippen LogP contribution is -2.31. The summed E-state index contributed by atoms with van der Waals surface area (Å²) in [7, 11) is 0. The van der Waals surface area contributed by atoms with Crippen LogP contribution in [0.3, 0.4) is 0 Å². The second kappa shape index (κ2) is 7.95. The van der Waals surface area contributed by atoms with E-state index in [9.17, 15) is 9.90 Å². The molecule has 0 heterocycles. The fourth-order valence-corrected chi connectivity index (χ4v) is 4.43. The fraction of sp³-hybridized carbons (Fsp3) is 0.417. The van der Waals surface area contributed by atoms with Crippen molar-refractivity contribution in [1.29, 1.82) is 0 Å². The summed E-state index contributed by atoms with van der Waals surface area (Å²) < 4.78 is 0. The number of carbonyl (C=O) groups is 1. The zero-order valence-corrected chi connectivity index (χ0v) is 18.2. The molecular weight excluding hydrogens is 398 g/mol. The van der Waals surface area contributed by atoms with Gasteiger partial charge >= 0.3 is 0 Å². The Morgan fingerprint density at radius 2 is 1.93 bits per heavy atom. The first-order valence-corrected chi connectivity index (χ1v) is 10.9. The fourth-order valence-electron chi connectivity index (χ4n) is 4.11. The van der Waals surface area contributed by atoms with Crippen LogP contribution in [0.5, 0.6) is 5.75 Å². The summed E-state index contributed by atoms with van der Waals surface area (Å²) >= 11 is 6.54. The van der Waals surface area contributed by atoms with Crippen molar-refractivity contribution < 1.29 is 9.90 Å². The van der Waals surface area contributed by atoms with Gasteiger partial charge in [0.2, 0.25) is 5.91 Å². The lowest BCUT2D eigenvalue weighted by molar-refractivity contribution is -0.124. The van der Waals surface area contributed by atoms with E-state index in [2.05, 4.69) is 10.3 Å². The SMILES string of the molecule is Cc1cc(Cl)c(-c2cccc(C(N)=NC3CC3)c2O)cc1NC(=O)C1(C)CCCC1. The number of phenols is 1. The zero-order chi connectivity index (χ0) is 21.5. The molecule has 2 aliphatic carbocycles. The van der Waals surface area contributed by atoms with Gasteiger partial charge in [0.25, 0.3) is 0 Å². The van der Waals surface area contributed by atoms with Gasteiger partial charge in [0, 0.05) is 27.3 Å². The van der Waals surface area contributed by atoms with Crippen LogP contribution in [0.1, 0.15) is 56.6 Å². The summed E-state index contributed by atoms with van der Waals surface area (Å²) in [6.07, 6.45) is 6.04. The number of nitrogens with one attached hydrogen (secondary N) is 1. The van der Waals surface area contributed by atoms with E-state index in [0.717, 1.165) is 44.1 Å². The van der Waals surface area contributed by atoms with Gasteiger partial charge in [0.1, 0.15) is 11.6 Å². The van der Waals surface area contributed by atoms with Gasteiger partial charge in [-0.25, -0.2) is 0 Å². The summed E-state index contributed by atoms with van der Waals surface area (Å²) in [5, 5.41) is 14.5. The molecule has 0 atom stereocenters. The predicted molar refractivity (Wildman–Crippen MR) is 122 cm³/mol. The quantitative estimate of drug-likeness (QED) is 0.442. The van der Waals surface area contributed by atoms with Crippen molar-refractivity contribution in [2.24, 2.45) is 16.1 Å². The molecule has 158 valence electrons. The molecule has 2 aromatic carbocycles. The molecule has 4 N–H and O–H groups in total. The van der Waals surface area contributed by atoms with Crippen LogP contribution >= 0.6 is 11.6 Å². The molecule has 2 fully saturated rings. The van der Waals surface area contributed by atoms with E-state index in [1.807, 2.05) is 32.0 Å². The maximum absolute atomic E-state index is 12.9. The Morgan fingerprint density at radius 3 is 2.60 bits per heavy atom. The number of nitrogens with zero attached hydrogens (tertiary/aromatic N) is 1. The number of carbonyl (C=O) groups excluding carboxylic acids is 1. The van der Waals surface area contributed by atoms with Crippen molar-refractivity contribution in [1.82, 2.24) is 0 Å². The Hall–Kier alpha value is -2.53. The first-order valence-electron chi connectivity index (χ1n) is 10.6. The number of rotatable bonds is 5. The molecule has 5 nitrogen and oxygen atoms in total. The number of hydrogen-bond donors (Lipinski definition) is 3. The summed E-state index contributed by atoms with van der Waals surface area (Å²) in [5.74, 6) is 0.420. The van der Waals surface area contributed by atoms with Crippen LogP contribution in [0.25, 0.3) is 11.1 Å². The summed E-state index contributed by atoms with van der Waals surface area (Å²) in [5.41, 5.74) is 9.09. The summed E-state index contributed by atoms with van der Waals surface area (Å²) in [4.78, 5) is 17.4. The normalized spacial score (nSPS) is 18.4. The molecule has 0 spiro atoms. The smallest absolute Gasteiger partial charge is 0.230 e. The van der Waals surface area contributed by atoms with Crippen LogP contribution in [0, 0.1) is 12.3 Å². The van der Waals surface area contributed by atoms with Gasteiger partial charge in [-0.1, -0.05) is 43.5 Å². The number of hydrogen-bond acceptors (Lipinski definition) is 3.